The third-order valence-electron chi connectivity index (χ3n) is 3.33. The monoisotopic (exact) mass is 335 g/mol. The quantitative estimate of drug-likeness (QED) is 0.931. The summed E-state index contributed by atoms with van der Waals surface area (Å²) in [6.45, 7) is 2.08. The first-order valence-corrected chi connectivity index (χ1v) is 7.91. The molecule has 1 aromatic heterocycles. The first-order valence-electron chi connectivity index (χ1n) is 7.03. The predicted molar refractivity (Wildman–Crippen MR) is 83.2 cm³/mol. The second-order valence-electron chi connectivity index (χ2n) is 4.91. The molecular formula is C15H14FN3O3S. The fourth-order valence-electron chi connectivity index (χ4n) is 2.16. The van der Waals surface area contributed by atoms with E-state index < -0.39 is 11.7 Å². The standard InChI is InChI=1S/C15H14FN3O3S/c16-11-3-1-2-10(8-11)13(20)18-15-17-12(9-23-15)14(21)19-4-6-22-7-5-19/h1-3,8-9H,4-7H2,(H,17,18,20). The number of hydrogen-bond acceptors (Lipinski definition) is 5. The molecule has 1 aliphatic heterocycles. The zero-order valence-electron chi connectivity index (χ0n) is 12.1. The number of rotatable bonds is 3. The Balaban J connectivity index is 1.67. The Bertz CT molecular complexity index is 728. The summed E-state index contributed by atoms with van der Waals surface area (Å²) >= 11 is 1.15. The fourth-order valence-corrected chi connectivity index (χ4v) is 2.84. The number of aromatic nitrogens is 1. The number of nitrogens with one attached hydrogen (secondary N) is 1. The van der Waals surface area contributed by atoms with Crippen molar-refractivity contribution in [2.24, 2.45) is 0 Å². The lowest BCUT2D eigenvalue weighted by Gasteiger charge is -2.25. The Hall–Kier alpha value is -2.32. The molecule has 1 saturated heterocycles. The lowest BCUT2D eigenvalue weighted by Crippen LogP contribution is -2.40. The van der Waals surface area contributed by atoms with Gasteiger partial charge in [0.2, 0.25) is 0 Å². The van der Waals surface area contributed by atoms with Gasteiger partial charge in [-0.2, -0.15) is 0 Å². The van der Waals surface area contributed by atoms with Gasteiger partial charge in [-0.25, -0.2) is 9.37 Å². The van der Waals surface area contributed by atoms with Crippen LogP contribution in [0.2, 0.25) is 0 Å². The molecule has 0 saturated carbocycles. The average Bonchev–Trinajstić information content (AvgIpc) is 3.03. The predicted octanol–water partition coefficient (Wildman–Crippen LogP) is 2.01. The summed E-state index contributed by atoms with van der Waals surface area (Å²) in [6.07, 6.45) is 0. The van der Waals surface area contributed by atoms with E-state index in [4.69, 9.17) is 4.74 Å². The molecule has 120 valence electrons. The second-order valence-corrected chi connectivity index (χ2v) is 5.77. The van der Waals surface area contributed by atoms with Crippen LogP contribution < -0.4 is 5.32 Å². The van der Waals surface area contributed by atoms with Gasteiger partial charge < -0.3 is 9.64 Å². The van der Waals surface area contributed by atoms with Crippen LogP contribution in [0, 0.1) is 5.82 Å². The van der Waals surface area contributed by atoms with Gasteiger partial charge in [-0.15, -0.1) is 11.3 Å². The maximum atomic E-state index is 13.1. The Morgan fingerprint density at radius 3 is 2.83 bits per heavy atom. The maximum Gasteiger partial charge on any atom is 0.273 e. The lowest BCUT2D eigenvalue weighted by molar-refractivity contribution is 0.0299. The normalized spacial score (nSPS) is 14.6. The van der Waals surface area contributed by atoms with Crippen molar-refractivity contribution in [2.45, 2.75) is 0 Å². The summed E-state index contributed by atoms with van der Waals surface area (Å²) in [5.41, 5.74) is 0.479. The van der Waals surface area contributed by atoms with Crippen molar-refractivity contribution in [3.8, 4) is 0 Å². The van der Waals surface area contributed by atoms with E-state index in [2.05, 4.69) is 10.3 Å². The molecule has 2 amide bonds. The van der Waals surface area contributed by atoms with Crippen molar-refractivity contribution in [3.63, 3.8) is 0 Å². The number of anilines is 1. The van der Waals surface area contributed by atoms with Crippen molar-refractivity contribution in [3.05, 3.63) is 46.7 Å². The number of halogens is 1. The van der Waals surface area contributed by atoms with E-state index in [-0.39, 0.29) is 17.2 Å². The second kappa shape index (κ2) is 6.84. The number of hydrogen-bond donors (Lipinski definition) is 1. The van der Waals surface area contributed by atoms with Crippen LogP contribution in [0.4, 0.5) is 9.52 Å². The van der Waals surface area contributed by atoms with Crippen LogP contribution in [0.1, 0.15) is 20.8 Å². The van der Waals surface area contributed by atoms with E-state index in [1.54, 1.807) is 10.3 Å². The highest BCUT2D eigenvalue weighted by atomic mass is 32.1. The van der Waals surface area contributed by atoms with Crippen LogP contribution in [0.25, 0.3) is 0 Å². The van der Waals surface area contributed by atoms with Crippen molar-refractivity contribution < 1.29 is 18.7 Å². The van der Waals surface area contributed by atoms with Crippen LogP contribution in [0.5, 0.6) is 0 Å². The molecule has 23 heavy (non-hydrogen) atoms. The summed E-state index contributed by atoms with van der Waals surface area (Å²) in [4.78, 5) is 30.1. The van der Waals surface area contributed by atoms with Crippen molar-refractivity contribution in [1.29, 1.82) is 0 Å². The molecular weight excluding hydrogens is 321 g/mol. The van der Waals surface area contributed by atoms with Gasteiger partial charge in [-0.05, 0) is 18.2 Å². The Morgan fingerprint density at radius 2 is 2.09 bits per heavy atom. The first kappa shape index (κ1) is 15.6. The first-order chi connectivity index (χ1) is 11.1. The summed E-state index contributed by atoms with van der Waals surface area (Å²) in [5.74, 6) is -1.14. The number of thiazole rings is 1. The number of nitrogens with zero attached hydrogens (tertiary/aromatic N) is 2. The van der Waals surface area contributed by atoms with Gasteiger partial charge in [-0.1, -0.05) is 6.07 Å². The van der Waals surface area contributed by atoms with E-state index in [0.29, 0.717) is 31.4 Å². The molecule has 6 nitrogen and oxygen atoms in total. The number of ether oxygens (including phenoxy) is 1. The zero-order valence-corrected chi connectivity index (χ0v) is 12.9. The van der Waals surface area contributed by atoms with Crippen LogP contribution >= 0.6 is 11.3 Å². The molecule has 0 bridgehead atoms. The molecule has 0 atom stereocenters. The summed E-state index contributed by atoms with van der Waals surface area (Å²) < 4.78 is 18.3. The van der Waals surface area contributed by atoms with Crippen LogP contribution in [-0.2, 0) is 4.74 Å². The van der Waals surface area contributed by atoms with Crippen LogP contribution in [-0.4, -0.2) is 48.0 Å². The molecule has 8 heteroatoms. The molecule has 2 aromatic rings. The minimum absolute atomic E-state index is 0.184. The van der Waals surface area contributed by atoms with Gasteiger partial charge in [0.1, 0.15) is 11.5 Å². The number of amides is 2. The zero-order chi connectivity index (χ0) is 16.2. The highest BCUT2D eigenvalue weighted by molar-refractivity contribution is 7.14. The van der Waals surface area contributed by atoms with E-state index >= 15 is 0 Å². The molecule has 0 spiro atoms. The highest BCUT2D eigenvalue weighted by Gasteiger charge is 2.21. The van der Waals surface area contributed by atoms with E-state index in [1.807, 2.05) is 0 Å². The smallest absolute Gasteiger partial charge is 0.273 e. The average molecular weight is 335 g/mol. The SMILES string of the molecule is O=C(Nc1nc(C(=O)N2CCOCC2)cs1)c1cccc(F)c1. The molecule has 0 unspecified atom stereocenters. The largest absolute Gasteiger partial charge is 0.378 e. The van der Waals surface area contributed by atoms with Crippen molar-refractivity contribution in [2.75, 3.05) is 31.6 Å². The Labute approximate surface area is 135 Å². The number of morpholine rings is 1. The van der Waals surface area contributed by atoms with Crippen LogP contribution in [0.3, 0.4) is 0 Å². The van der Waals surface area contributed by atoms with Crippen molar-refractivity contribution in [1.82, 2.24) is 9.88 Å². The molecule has 0 radical (unpaired) electrons. The van der Waals surface area contributed by atoms with Gasteiger partial charge in [0, 0.05) is 24.0 Å². The topological polar surface area (TPSA) is 71.5 Å². The van der Waals surface area contributed by atoms with E-state index in [9.17, 15) is 14.0 Å². The molecule has 1 aliphatic rings. The van der Waals surface area contributed by atoms with Gasteiger partial charge in [0.05, 0.1) is 13.2 Å². The van der Waals surface area contributed by atoms with Gasteiger partial charge in [0.25, 0.3) is 11.8 Å². The highest BCUT2D eigenvalue weighted by Crippen LogP contribution is 2.18. The van der Waals surface area contributed by atoms with Crippen LogP contribution in [0.15, 0.2) is 29.6 Å². The Kier molecular flexibility index (Phi) is 4.63. The van der Waals surface area contributed by atoms with Crippen molar-refractivity contribution >= 4 is 28.3 Å². The Morgan fingerprint density at radius 1 is 1.30 bits per heavy atom. The molecule has 2 heterocycles. The van der Waals surface area contributed by atoms with Gasteiger partial charge in [-0.3, -0.25) is 14.9 Å². The van der Waals surface area contributed by atoms with E-state index in [1.165, 1.54) is 18.2 Å². The minimum atomic E-state index is -0.486. The third kappa shape index (κ3) is 3.72. The molecule has 0 aliphatic carbocycles. The number of carbonyl (C=O) groups is 2. The molecule has 1 N–H and O–H groups in total. The summed E-state index contributed by atoms with van der Waals surface area (Å²) in [5, 5.41) is 4.47. The van der Waals surface area contributed by atoms with Gasteiger partial charge >= 0.3 is 0 Å². The third-order valence-corrected chi connectivity index (χ3v) is 4.09. The summed E-state index contributed by atoms with van der Waals surface area (Å²) in [6, 6.07) is 5.37. The molecule has 1 aromatic carbocycles. The summed E-state index contributed by atoms with van der Waals surface area (Å²) in [7, 11) is 0. The maximum absolute atomic E-state index is 13.1. The molecule has 3 rings (SSSR count). The van der Waals surface area contributed by atoms with Gasteiger partial charge in [0.15, 0.2) is 5.13 Å². The fraction of sp³-hybridized carbons (Fsp3) is 0.267. The van der Waals surface area contributed by atoms with E-state index in [0.717, 1.165) is 17.4 Å². The number of benzene rings is 1. The number of carbonyl (C=O) groups excluding carboxylic acids is 2. The lowest BCUT2D eigenvalue weighted by atomic mass is 10.2. The minimum Gasteiger partial charge on any atom is -0.378 e. The molecule has 1 fully saturated rings.